The van der Waals surface area contributed by atoms with Gasteiger partial charge in [-0.05, 0) is 42.0 Å². The van der Waals surface area contributed by atoms with Crippen LogP contribution in [-0.2, 0) is 16.9 Å². The number of benzene rings is 2. The number of rotatable bonds is 5. The maximum absolute atomic E-state index is 15.0. The van der Waals surface area contributed by atoms with Gasteiger partial charge < -0.3 is 31.5 Å². The Morgan fingerprint density at radius 3 is 2.24 bits per heavy atom. The largest absolute Gasteiger partial charge is 0.416 e. The summed E-state index contributed by atoms with van der Waals surface area (Å²) >= 11 is 0. The van der Waals surface area contributed by atoms with Crippen LogP contribution in [0.5, 0.6) is 0 Å². The Balaban J connectivity index is 0.00000147. The van der Waals surface area contributed by atoms with Crippen LogP contribution in [0.4, 0.5) is 46.6 Å². The highest BCUT2D eigenvalue weighted by Crippen LogP contribution is 2.35. The molecule has 0 aliphatic rings. The van der Waals surface area contributed by atoms with Crippen molar-refractivity contribution in [3.8, 4) is 11.3 Å². The summed E-state index contributed by atoms with van der Waals surface area (Å²) in [7, 11) is 0. The molecule has 10 nitrogen and oxygen atoms in total. The molecule has 18 heteroatoms. The molecular formula is C23H17F8N5O5. The first-order valence-corrected chi connectivity index (χ1v) is 10.8. The molecule has 0 radical (unpaired) electrons. The number of amides is 1. The number of aromatic nitrogens is 3. The Morgan fingerprint density at radius 1 is 1.05 bits per heavy atom. The van der Waals surface area contributed by atoms with Crippen LogP contribution in [0.25, 0.3) is 16.8 Å². The zero-order valence-corrected chi connectivity index (χ0v) is 20.0. The van der Waals surface area contributed by atoms with Crippen molar-refractivity contribution in [3.05, 3.63) is 77.1 Å². The van der Waals surface area contributed by atoms with Gasteiger partial charge in [0.05, 0.1) is 11.8 Å². The van der Waals surface area contributed by atoms with E-state index in [9.17, 15) is 56.0 Å². The minimum atomic E-state index is -4.95. The topological polar surface area (TPSA) is 166 Å². The Labute approximate surface area is 222 Å². The summed E-state index contributed by atoms with van der Waals surface area (Å²) in [5.74, 6) is -10.3. The SMILES string of the molecule is FCF.Nc1ncc(F)n2c(C(O)(O)O)nc(-c3ccc(NC(=O)C(O)c4cc(F)cc(C(F)(F)F)c4)cc3F)c12. The summed E-state index contributed by atoms with van der Waals surface area (Å²) in [5.41, 5.74) is 1.88. The van der Waals surface area contributed by atoms with E-state index in [1.165, 1.54) is 0 Å². The average Bonchev–Trinajstić information content (AvgIpc) is 3.28. The molecule has 1 unspecified atom stereocenters. The number of carbonyl (C=O) groups is 1. The van der Waals surface area contributed by atoms with Crippen molar-refractivity contribution in [2.45, 2.75) is 18.3 Å². The summed E-state index contributed by atoms with van der Waals surface area (Å²) in [4.78, 5) is 19.6. The summed E-state index contributed by atoms with van der Waals surface area (Å²) in [6.07, 6.45) is -6.64. The first-order valence-electron chi connectivity index (χ1n) is 10.8. The third kappa shape index (κ3) is 6.68. The van der Waals surface area contributed by atoms with Gasteiger partial charge in [-0.15, -0.1) is 0 Å². The van der Waals surface area contributed by atoms with Crippen LogP contribution in [0.2, 0.25) is 0 Å². The molecule has 0 spiro atoms. The van der Waals surface area contributed by atoms with Gasteiger partial charge in [-0.3, -0.25) is 9.20 Å². The maximum Gasteiger partial charge on any atom is 0.416 e. The molecule has 7 N–H and O–H groups in total. The molecule has 0 saturated carbocycles. The molecule has 4 rings (SSSR count). The number of aliphatic hydroxyl groups is 4. The second-order valence-corrected chi connectivity index (χ2v) is 8.03. The Morgan fingerprint density at radius 2 is 1.68 bits per heavy atom. The minimum Gasteiger partial charge on any atom is -0.382 e. The smallest absolute Gasteiger partial charge is 0.382 e. The predicted octanol–water partition coefficient (Wildman–Crippen LogP) is 3.06. The lowest BCUT2D eigenvalue weighted by molar-refractivity contribution is -0.329. The molecule has 0 bridgehead atoms. The number of fused-ring (bicyclic) bond motifs is 1. The third-order valence-corrected chi connectivity index (χ3v) is 5.25. The van der Waals surface area contributed by atoms with Crippen molar-refractivity contribution < 1.29 is 60.3 Å². The summed E-state index contributed by atoms with van der Waals surface area (Å²) in [6.45, 7) is -1.75. The van der Waals surface area contributed by atoms with E-state index in [1.807, 2.05) is 5.32 Å². The van der Waals surface area contributed by atoms with Crippen LogP contribution in [0, 0.1) is 17.6 Å². The standard InChI is InChI=1S/C22H15F6N5O5.CH2F2/c23-10-4-8(3-9(5-10)21(26,27)28)17(34)19(35)31-11-1-2-12(13(24)6-11)15-16-18(29)30-7-14(25)33(16)20(32-15)22(36,37)38;2-1-3/h1-7,17,34,36-38H,(H2,29,30)(H,31,35);1H2. The van der Waals surface area contributed by atoms with Crippen LogP contribution in [0.15, 0.2) is 42.6 Å². The summed E-state index contributed by atoms with van der Waals surface area (Å²) < 4.78 is 101. The number of carbonyl (C=O) groups excluding carboxylic acids is 1. The van der Waals surface area contributed by atoms with Crippen LogP contribution in [0.1, 0.15) is 23.1 Å². The number of nitrogen functional groups attached to an aromatic ring is 1. The highest BCUT2D eigenvalue weighted by Gasteiger charge is 2.34. The fourth-order valence-corrected chi connectivity index (χ4v) is 3.60. The molecule has 4 aromatic rings. The second kappa shape index (κ2) is 11.6. The lowest BCUT2D eigenvalue weighted by Gasteiger charge is -2.15. The van der Waals surface area contributed by atoms with Crippen molar-refractivity contribution >= 4 is 22.9 Å². The van der Waals surface area contributed by atoms with Crippen LogP contribution in [-0.4, -0.2) is 47.6 Å². The highest BCUT2D eigenvalue weighted by atomic mass is 19.4. The van der Waals surface area contributed by atoms with E-state index < -0.39 is 88.2 Å². The highest BCUT2D eigenvalue weighted by molar-refractivity contribution is 5.95. The fraction of sp³-hybridized carbons (Fsp3) is 0.174. The van der Waals surface area contributed by atoms with Gasteiger partial charge in [0.15, 0.2) is 6.10 Å². The quantitative estimate of drug-likeness (QED) is 0.151. The van der Waals surface area contributed by atoms with Gasteiger partial charge in [-0.1, -0.05) is 0 Å². The number of nitrogens with one attached hydrogen (secondary N) is 1. The van der Waals surface area contributed by atoms with E-state index in [1.54, 1.807) is 0 Å². The lowest BCUT2D eigenvalue weighted by Crippen LogP contribution is -2.27. The molecule has 1 amide bonds. The van der Waals surface area contributed by atoms with Gasteiger partial charge in [0, 0.05) is 11.3 Å². The van der Waals surface area contributed by atoms with Crippen LogP contribution < -0.4 is 11.1 Å². The van der Waals surface area contributed by atoms with Crippen molar-refractivity contribution in [2.75, 3.05) is 18.0 Å². The van der Waals surface area contributed by atoms with Crippen LogP contribution >= 0.6 is 0 Å². The van der Waals surface area contributed by atoms with Crippen molar-refractivity contribution in [1.82, 2.24) is 14.4 Å². The third-order valence-electron chi connectivity index (χ3n) is 5.25. The Bertz CT molecular complexity index is 1590. The summed E-state index contributed by atoms with van der Waals surface area (Å²) in [6, 6.07) is 3.78. The Kier molecular flexibility index (Phi) is 8.82. The number of hydrogen-bond acceptors (Lipinski definition) is 8. The number of nitrogens with zero attached hydrogens (tertiary/aromatic N) is 3. The van der Waals surface area contributed by atoms with Crippen molar-refractivity contribution in [1.29, 1.82) is 0 Å². The number of hydrogen-bond donors (Lipinski definition) is 6. The molecule has 41 heavy (non-hydrogen) atoms. The van der Waals surface area contributed by atoms with Crippen molar-refractivity contribution in [2.24, 2.45) is 0 Å². The molecule has 2 heterocycles. The predicted molar refractivity (Wildman–Crippen MR) is 123 cm³/mol. The second-order valence-electron chi connectivity index (χ2n) is 8.03. The minimum absolute atomic E-state index is 0.176. The average molecular weight is 595 g/mol. The first kappa shape index (κ1) is 31.1. The molecule has 0 aliphatic carbocycles. The zero-order chi connectivity index (χ0) is 30.9. The number of anilines is 2. The van der Waals surface area contributed by atoms with E-state index in [0.29, 0.717) is 28.8 Å². The Hall–Kier alpha value is -4.39. The normalized spacial score (nSPS) is 12.6. The van der Waals surface area contributed by atoms with E-state index in [4.69, 9.17) is 5.73 Å². The molecule has 0 fully saturated rings. The van der Waals surface area contributed by atoms with Gasteiger partial charge in [0.25, 0.3) is 5.91 Å². The van der Waals surface area contributed by atoms with E-state index >= 15 is 4.39 Å². The molecule has 0 saturated heterocycles. The lowest BCUT2D eigenvalue weighted by atomic mass is 10.0. The van der Waals surface area contributed by atoms with Gasteiger partial charge in [0.2, 0.25) is 18.7 Å². The van der Waals surface area contributed by atoms with Gasteiger partial charge in [-0.2, -0.15) is 17.6 Å². The van der Waals surface area contributed by atoms with Crippen LogP contribution in [0.3, 0.4) is 0 Å². The molecule has 0 aliphatic heterocycles. The molecule has 2 aromatic heterocycles. The van der Waals surface area contributed by atoms with Gasteiger partial charge >= 0.3 is 12.1 Å². The molecule has 2 aromatic carbocycles. The molecule has 1 atom stereocenters. The monoisotopic (exact) mass is 595 g/mol. The number of nitrogens with two attached hydrogens (primary N) is 1. The number of halogens is 8. The zero-order valence-electron chi connectivity index (χ0n) is 20.0. The number of alkyl halides is 5. The number of imidazole rings is 1. The molecular weight excluding hydrogens is 578 g/mol. The van der Waals surface area contributed by atoms with Gasteiger partial charge in [0.1, 0.15) is 28.7 Å². The van der Waals surface area contributed by atoms with E-state index in [2.05, 4.69) is 9.97 Å². The van der Waals surface area contributed by atoms with E-state index in [-0.39, 0.29) is 11.8 Å². The van der Waals surface area contributed by atoms with E-state index in [0.717, 1.165) is 12.1 Å². The fourth-order valence-electron chi connectivity index (χ4n) is 3.60. The van der Waals surface area contributed by atoms with Crippen molar-refractivity contribution in [3.63, 3.8) is 0 Å². The van der Waals surface area contributed by atoms with Gasteiger partial charge in [-0.25, -0.2) is 27.5 Å². The number of aliphatic hydroxyl groups excluding tert-OH is 1. The maximum atomic E-state index is 15.0. The first-order chi connectivity index (χ1) is 19.0. The molecule has 220 valence electrons. The summed E-state index contributed by atoms with van der Waals surface area (Å²) in [5, 5.41) is 40.8.